The molecule has 1 aromatic rings. The molecule has 1 unspecified atom stereocenters. The van der Waals surface area contributed by atoms with Crippen LogP contribution < -0.4 is 11.1 Å². The zero-order valence-corrected chi connectivity index (χ0v) is 17.6. The predicted octanol–water partition coefficient (Wildman–Crippen LogP) is 2.70. The number of nitrogens with one attached hydrogen (secondary N) is 1. The van der Waals surface area contributed by atoms with Crippen molar-refractivity contribution in [2.75, 3.05) is 32.8 Å². The Morgan fingerprint density at radius 2 is 1.77 bits per heavy atom. The first-order valence-electron chi connectivity index (χ1n) is 8.89. The molecule has 2 rings (SSSR count). The highest BCUT2D eigenvalue weighted by Crippen LogP contribution is 2.22. The maximum Gasteiger partial charge on any atom is 0.236 e. The number of rotatable bonds is 7. The quantitative estimate of drug-likeness (QED) is 0.731. The lowest BCUT2D eigenvalue weighted by Gasteiger charge is -2.35. The van der Waals surface area contributed by atoms with Gasteiger partial charge in [0, 0.05) is 19.6 Å². The Morgan fingerprint density at radius 3 is 2.31 bits per heavy atom. The lowest BCUT2D eigenvalue weighted by Crippen LogP contribution is -2.47. The minimum absolute atomic E-state index is 0. The number of amides is 1. The number of carbonyl (C=O) groups excluding carboxylic acids is 1. The van der Waals surface area contributed by atoms with Gasteiger partial charge in [-0.1, -0.05) is 43.7 Å². The molecule has 0 aromatic heterocycles. The number of morpholine rings is 1. The number of ether oxygens (including phenoxy) is 1. The van der Waals surface area contributed by atoms with Crippen LogP contribution in [0, 0.1) is 12.8 Å². The van der Waals surface area contributed by atoms with Crippen LogP contribution in [0.1, 0.15) is 37.4 Å². The molecule has 0 saturated carbocycles. The van der Waals surface area contributed by atoms with Crippen LogP contribution in [0.15, 0.2) is 24.3 Å². The van der Waals surface area contributed by atoms with Crippen LogP contribution in [-0.2, 0) is 9.53 Å². The fraction of sp³-hybridized carbons (Fsp3) is 0.632. The summed E-state index contributed by atoms with van der Waals surface area (Å²) in [7, 11) is 0. The van der Waals surface area contributed by atoms with Crippen molar-refractivity contribution < 1.29 is 9.53 Å². The van der Waals surface area contributed by atoms with E-state index in [0.29, 0.717) is 18.9 Å². The number of hydrogen-bond acceptors (Lipinski definition) is 4. The number of aryl methyl sites for hydroxylation is 1. The maximum absolute atomic E-state index is 12.3. The van der Waals surface area contributed by atoms with Gasteiger partial charge in [0.05, 0.1) is 25.3 Å². The van der Waals surface area contributed by atoms with Crippen molar-refractivity contribution in [1.29, 1.82) is 0 Å². The molecule has 150 valence electrons. The molecule has 2 atom stereocenters. The largest absolute Gasteiger partial charge is 0.379 e. The van der Waals surface area contributed by atoms with E-state index in [9.17, 15) is 4.79 Å². The lowest BCUT2D eigenvalue weighted by molar-refractivity contribution is -0.123. The first kappa shape index (κ1) is 25.1. The summed E-state index contributed by atoms with van der Waals surface area (Å²) in [5.41, 5.74) is 8.46. The first-order chi connectivity index (χ1) is 11.5. The predicted molar refractivity (Wildman–Crippen MR) is 111 cm³/mol. The van der Waals surface area contributed by atoms with E-state index in [-0.39, 0.29) is 36.8 Å². The van der Waals surface area contributed by atoms with Crippen molar-refractivity contribution in [2.24, 2.45) is 11.7 Å². The molecule has 0 spiro atoms. The van der Waals surface area contributed by atoms with Crippen molar-refractivity contribution in [3.8, 4) is 0 Å². The van der Waals surface area contributed by atoms with Gasteiger partial charge in [-0.15, -0.1) is 24.8 Å². The highest BCUT2D eigenvalue weighted by atomic mass is 35.5. The van der Waals surface area contributed by atoms with Crippen molar-refractivity contribution >= 4 is 30.7 Å². The van der Waals surface area contributed by atoms with Gasteiger partial charge in [0.25, 0.3) is 0 Å². The van der Waals surface area contributed by atoms with Gasteiger partial charge in [-0.2, -0.15) is 0 Å². The highest BCUT2D eigenvalue weighted by Gasteiger charge is 2.24. The molecule has 1 fully saturated rings. The third kappa shape index (κ3) is 7.80. The van der Waals surface area contributed by atoms with Crippen LogP contribution in [0.5, 0.6) is 0 Å². The number of nitrogens with zero attached hydrogens (tertiary/aromatic N) is 1. The van der Waals surface area contributed by atoms with Crippen molar-refractivity contribution in [3.05, 3.63) is 35.4 Å². The molecular formula is C19H33Cl2N3O2. The van der Waals surface area contributed by atoms with Crippen LogP contribution in [0.3, 0.4) is 0 Å². The van der Waals surface area contributed by atoms with Crippen molar-refractivity contribution in [2.45, 2.75) is 39.3 Å². The number of carbonyl (C=O) groups is 1. The number of nitrogens with two attached hydrogens (primary N) is 1. The van der Waals surface area contributed by atoms with Gasteiger partial charge in [0.15, 0.2) is 0 Å². The zero-order chi connectivity index (χ0) is 17.5. The number of benzene rings is 1. The normalized spacial score (nSPS) is 17.0. The van der Waals surface area contributed by atoms with E-state index in [1.54, 1.807) is 0 Å². The van der Waals surface area contributed by atoms with Gasteiger partial charge in [-0.05, 0) is 24.8 Å². The van der Waals surface area contributed by atoms with Crippen LogP contribution in [0.2, 0.25) is 0 Å². The Hall–Kier alpha value is -0.850. The topological polar surface area (TPSA) is 67.6 Å². The Morgan fingerprint density at radius 1 is 1.19 bits per heavy atom. The summed E-state index contributed by atoms with van der Waals surface area (Å²) >= 11 is 0. The minimum atomic E-state index is -0.437. The fourth-order valence-electron chi connectivity index (χ4n) is 3.08. The highest BCUT2D eigenvalue weighted by molar-refractivity contribution is 5.85. The molecule has 26 heavy (non-hydrogen) atoms. The molecular weight excluding hydrogens is 373 g/mol. The maximum atomic E-state index is 12.3. The van der Waals surface area contributed by atoms with E-state index < -0.39 is 6.04 Å². The van der Waals surface area contributed by atoms with Crippen LogP contribution in [0.25, 0.3) is 0 Å². The minimum Gasteiger partial charge on any atom is -0.379 e. The molecule has 0 radical (unpaired) electrons. The molecule has 1 amide bonds. The van der Waals surface area contributed by atoms with E-state index in [0.717, 1.165) is 26.3 Å². The van der Waals surface area contributed by atoms with Gasteiger partial charge in [-0.25, -0.2) is 0 Å². The molecule has 0 aliphatic carbocycles. The van der Waals surface area contributed by atoms with Crippen LogP contribution >= 0.6 is 24.8 Å². The van der Waals surface area contributed by atoms with Gasteiger partial charge in [0.1, 0.15) is 0 Å². The summed E-state index contributed by atoms with van der Waals surface area (Å²) in [6.07, 6.45) is 0.707. The first-order valence-corrected chi connectivity index (χ1v) is 8.89. The fourth-order valence-corrected chi connectivity index (χ4v) is 3.08. The third-order valence-electron chi connectivity index (χ3n) is 4.48. The molecule has 1 heterocycles. The average Bonchev–Trinajstić information content (AvgIpc) is 2.56. The summed E-state index contributed by atoms with van der Waals surface area (Å²) in [4.78, 5) is 14.6. The molecule has 3 N–H and O–H groups in total. The van der Waals surface area contributed by atoms with E-state index >= 15 is 0 Å². The van der Waals surface area contributed by atoms with Gasteiger partial charge >= 0.3 is 0 Å². The Bertz CT molecular complexity index is 520. The lowest BCUT2D eigenvalue weighted by atomic mass is 10.0. The second kappa shape index (κ2) is 12.5. The Balaban J connectivity index is 0.00000312. The standard InChI is InChI=1S/C19H31N3O2.2ClH/c1-14(2)12-17(20)19(23)21-13-18(22-8-10-24-11-9-22)16-6-4-15(3)5-7-16;;/h4-7,14,17-18H,8-13,20H2,1-3H3,(H,21,23);2*1H/t17-,18?;;/m0../s1. The summed E-state index contributed by atoms with van der Waals surface area (Å²) in [6.45, 7) is 10.1. The monoisotopic (exact) mass is 405 g/mol. The molecule has 1 aliphatic heterocycles. The smallest absolute Gasteiger partial charge is 0.236 e. The summed E-state index contributed by atoms with van der Waals surface area (Å²) < 4.78 is 5.46. The SMILES string of the molecule is Cc1ccc(C(CNC(=O)[C@@H](N)CC(C)C)N2CCOCC2)cc1.Cl.Cl. The zero-order valence-electron chi connectivity index (χ0n) is 15.9. The molecule has 7 heteroatoms. The summed E-state index contributed by atoms with van der Waals surface area (Å²) in [5, 5.41) is 3.05. The van der Waals surface area contributed by atoms with E-state index in [4.69, 9.17) is 10.5 Å². The number of halogens is 2. The second-order valence-corrected chi connectivity index (χ2v) is 7.06. The Labute approximate surface area is 169 Å². The van der Waals surface area contributed by atoms with E-state index in [1.165, 1.54) is 11.1 Å². The third-order valence-corrected chi connectivity index (χ3v) is 4.48. The second-order valence-electron chi connectivity index (χ2n) is 7.06. The molecule has 1 saturated heterocycles. The summed E-state index contributed by atoms with van der Waals surface area (Å²) in [6, 6.07) is 8.26. The van der Waals surface area contributed by atoms with Crippen molar-refractivity contribution in [3.63, 3.8) is 0 Å². The summed E-state index contributed by atoms with van der Waals surface area (Å²) in [5.74, 6) is 0.354. The molecule has 0 bridgehead atoms. The molecule has 1 aliphatic rings. The number of hydrogen-bond donors (Lipinski definition) is 2. The van der Waals surface area contributed by atoms with Crippen LogP contribution in [0.4, 0.5) is 0 Å². The van der Waals surface area contributed by atoms with Gasteiger partial charge in [-0.3, -0.25) is 9.69 Å². The van der Waals surface area contributed by atoms with E-state index in [1.807, 2.05) is 0 Å². The van der Waals surface area contributed by atoms with E-state index in [2.05, 4.69) is 55.3 Å². The molecule has 1 aromatic carbocycles. The van der Waals surface area contributed by atoms with Gasteiger partial charge in [0.2, 0.25) is 5.91 Å². The molecule has 5 nitrogen and oxygen atoms in total. The van der Waals surface area contributed by atoms with Crippen molar-refractivity contribution in [1.82, 2.24) is 10.2 Å². The van der Waals surface area contributed by atoms with Crippen LogP contribution in [-0.4, -0.2) is 49.7 Å². The average molecular weight is 406 g/mol. The Kier molecular flexibility index (Phi) is 12.1. The van der Waals surface area contributed by atoms with Gasteiger partial charge < -0.3 is 15.8 Å².